The smallest absolute Gasteiger partial charge is 0.140 e. The first-order valence-electron chi connectivity index (χ1n) is 6.58. The van der Waals surface area contributed by atoms with Gasteiger partial charge in [0.25, 0.3) is 0 Å². The topological polar surface area (TPSA) is 55.0 Å². The van der Waals surface area contributed by atoms with Gasteiger partial charge in [0.15, 0.2) is 0 Å². The van der Waals surface area contributed by atoms with Gasteiger partial charge in [-0.1, -0.05) is 0 Å². The van der Waals surface area contributed by atoms with Crippen LogP contribution in [0.1, 0.15) is 19.3 Å². The van der Waals surface area contributed by atoms with Gasteiger partial charge in [-0.3, -0.25) is 0 Å². The summed E-state index contributed by atoms with van der Waals surface area (Å²) in [4.78, 5) is 11.3. The van der Waals surface area contributed by atoms with E-state index in [4.69, 9.17) is 5.73 Å². The van der Waals surface area contributed by atoms with Gasteiger partial charge in [0, 0.05) is 23.7 Å². The monoisotopic (exact) mass is 240 g/mol. The zero-order valence-corrected chi connectivity index (χ0v) is 10.2. The second-order valence-corrected chi connectivity index (χ2v) is 5.46. The zero-order chi connectivity index (χ0) is 12.1. The van der Waals surface area contributed by atoms with Gasteiger partial charge in [0.05, 0.1) is 5.52 Å². The second-order valence-electron chi connectivity index (χ2n) is 5.46. The van der Waals surface area contributed by atoms with Gasteiger partial charge in [-0.15, -0.1) is 0 Å². The number of rotatable bonds is 1. The maximum atomic E-state index is 5.81. The lowest BCUT2D eigenvalue weighted by atomic mass is 10.1. The van der Waals surface area contributed by atoms with E-state index in [9.17, 15) is 0 Å². The number of aromatic nitrogens is 2. The van der Waals surface area contributed by atoms with E-state index < -0.39 is 0 Å². The highest BCUT2D eigenvalue weighted by molar-refractivity contribution is 5.91. The molecule has 4 heteroatoms. The second kappa shape index (κ2) is 3.57. The summed E-state index contributed by atoms with van der Waals surface area (Å²) < 4.78 is 0. The molecule has 2 unspecified atom stereocenters. The number of nitrogen functional groups attached to an aromatic ring is 1. The number of anilines is 2. The Morgan fingerprint density at radius 1 is 1.22 bits per heavy atom. The Morgan fingerprint density at radius 2 is 2.17 bits per heavy atom. The Bertz CT molecular complexity index is 610. The van der Waals surface area contributed by atoms with Crippen LogP contribution in [0.4, 0.5) is 11.5 Å². The van der Waals surface area contributed by atoms with Gasteiger partial charge in [-0.05, 0) is 43.4 Å². The fraction of sp³-hybridized carbons (Fsp3) is 0.429. The van der Waals surface area contributed by atoms with Crippen molar-refractivity contribution in [3.8, 4) is 0 Å². The van der Waals surface area contributed by atoms with E-state index in [1.807, 2.05) is 18.2 Å². The highest BCUT2D eigenvalue weighted by Crippen LogP contribution is 2.41. The molecule has 18 heavy (non-hydrogen) atoms. The van der Waals surface area contributed by atoms with Crippen molar-refractivity contribution in [2.24, 2.45) is 5.92 Å². The number of hydrogen-bond acceptors (Lipinski definition) is 4. The molecular formula is C14H16N4. The largest absolute Gasteiger partial charge is 0.399 e. The highest BCUT2D eigenvalue weighted by atomic mass is 15.2. The molecule has 2 fully saturated rings. The Balaban J connectivity index is 1.85. The summed E-state index contributed by atoms with van der Waals surface area (Å²) in [6, 6.07) is 6.59. The van der Waals surface area contributed by atoms with E-state index in [1.165, 1.54) is 19.3 Å². The number of benzene rings is 1. The molecule has 1 saturated heterocycles. The molecule has 0 spiro atoms. The molecule has 2 atom stereocenters. The van der Waals surface area contributed by atoms with Crippen molar-refractivity contribution in [1.82, 2.24) is 9.97 Å². The van der Waals surface area contributed by atoms with Gasteiger partial charge < -0.3 is 10.6 Å². The van der Waals surface area contributed by atoms with E-state index in [-0.39, 0.29) is 0 Å². The molecule has 4 nitrogen and oxygen atoms in total. The zero-order valence-electron chi connectivity index (χ0n) is 10.2. The third kappa shape index (κ3) is 1.38. The van der Waals surface area contributed by atoms with Crippen LogP contribution in [0.25, 0.3) is 10.9 Å². The Morgan fingerprint density at radius 3 is 2.94 bits per heavy atom. The average Bonchev–Trinajstić information content (AvgIpc) is 2.99. The molecule has 2 aliphatic rings. The van der Waals surface area contributed by atoms with E-state index in [2.05, 4.69) is 14.9 Å². The lowest BCUT2D eigenvalue weighted by Gasteiger charge is -2.28. The number of nitrogens with zero attached hydrogens (tertiary/aromatic N) is 3. The van der Waals surface area contributed by atoms with E-state index >= 15 is 0 Å². The first-order valence-corrected chi connectivity index (χ1v) is 6.58. The molecule has 1 aromatic carbocycles. The summed E-state index contributed by atoms with van der Waals surface area (Å²) in [5.41, 5.74) is 7.52. The van der Waals surface area contributed by atoms with Crippen LogP contribution in [0.5, 0.6) is 0 Å². The van der Waals surface area contributed by atoms with Crippen LogP contribution < -0.4 is 10.6 Å². The lowest BCUT2D eigenvalue weighted by molar-refractivity contribution is 0.551. The summed E-state index contributed by atoms with van der Waals surface area (Å²) in [7, 11) is 0. The molecule has 2 aromatic rings. The van der Waals surface area contributed by atoms with Crippen molar-refractivity contribution in [1.29, 1.82) is 0 Å². The van der Waals surface area contributed by atoms with Crippen LogP contribution >= 0.6 is 0 Å². The minimum absolute atomic E-state index is 0.686. The Kier molecular flexibility index (Phi) is 2.01. The van der Waals surface area contributed by atoms with Crippen LogP contribution in [0.3, 0.4) is 0 Å². The quantitative estimate of drug-likeness (QED) is 0.776. The SMILES string of the molecule is Nc1ccc2c(N3CC4CCC3C4)ncnc2c1. The third-order valence-electron chi connectivity index (χ3n) is 4.32. The number of hydrogen-bond donors (Lipinski definition) is 1. The van der Waals surface area contributed by atoms with Crippen LogP contribution in [0.15, 0.2) is 24.5 Å². The van der Waals surface area contributed by atoms with Crippen molar-refractivity contribution in [3.05, 3.63) is 24.5 Å². The average molecular weight is 240 g/mol. The predicted octanol–water partition coefficient (Wildman–Crippen LogP) is 2.20. The normalized spacial score (nSPS) is 26.1. The number of fused-ring (bicyclic) bond motifs is 3. The molecule has 92 valence electrons. The van der Waals surface area contributed by atoms with Gasteiger partial charge in [-0.25, -0.2) is 9.97 Å². The van der Waals surface area contributed by atoms with Crippen LogP contribution in [-0.4, -0.2) is 22.6 Å². The maximum Gasteiger partial charge on any atom is 0.140 e. The highest BCUT2D eigenvalue weighted by Gasteiger charge is 2.38. The minimum atomic E-state index is 0.686. The lowest BCUT2D eigenvalue weighted by Crippen LogP contribution is -2.32. The number of nitrogens with two attached hydrogens (primary N) is 1. The fourth-order valence-corrected chi connectivity index (χ4v) is 3.47. The minimum Gasteiger partial charge on any atom is -0.399 e. The fourth-order valence-electron chi connectivity index (χ4n) is 3.47. The summed E-state index contributed by atoms with van der Waals surface area (Å²) in [6.45, 7) is 1.15. The molecule has 2 heterocycles. The van der Waals surface area contributed by atoms with Crippen LogP contribution in [0.2, 0.25) is 0 Å². The molecule has 4 rings (SSSR count). The molecular weight excluding hydrogens is 224 g/mol. The molecule has 2 bridgehead atoms. The molecule has 1 aliphatic heterocycles. The predicted molar refractivity (Wildman–Crippen MR) is 72.4 cm³/mol. The van der Waals surface area contributed by atoms with Gasteiger partial charge in [0.2, 0.25) is 0 Å². The van der Waals surface area contributed by atoms with Gasteiger partial charge >= 0.3 is 0 Å². The van der Waals surface area contributed by atoms with Gasteiger partial charge in [-0.2, -0.15) is 0 Å². The van der Waals surface area contributed by atoms with Crippen molar-refractivity contribution < 1.29 is 0 Å². The molecule has 1 aliphatic carbocycles. The Labute approximate surface area is 106 Å². The molecule has 1 saturated carbocycles. The van der Waals surface area contributed by atoms with Crippen molar-refractivity contribution >= 4 is 22.4 Å². The molecule has 0 amide bonds. The molecule has 0 radical (unpaired) electrons. The van der Waals surface area contributed by atoms with Crippen LogP contribution in [-0.2, 0) is 0 Å². The summed E-state index contributed by atoms with van der Waals surface area (Å²) in [6.07, 6.45) is 5.69. The maximum absolute atomic E-state index is 5.81. The standard InChI is InChI=1S/C14H16N4/c15-10-2-4-12-13(6-10)16-8-17-14(12)18-7-9-1-3-11(18)5-9/h2,4,6,8-9,11H,1,3,5,7,15H2. The molecule has 2 N–H and O–H groups in total. The van der Waals surface area contributed by atoms with E-state index in [0.717, 1.165) is 34.9 Å². The van der Waals surface area contributed by atoms with Crippen LogP contribution in [0, 0.1) is 5.92 Å². The van der Waals surface area contributed by atoms with Gasteiger partial charge in [0.1, 0.15) is 12.1 Å². The van der Waals surface area contributed by atoms with E-state index in [0.29, 0.717) is 6.04 Å². The van der Waals surface area contributed by atoms with Crippen molar-refractivity contribution in [2.45, 2.75) is 25.3 Å². The first-order chi connectivity index (χ1) is 8.81. The summed E-state index contributed by atoms with van der Waals surface area (Å²) in [5.74, 6) is 1.96. The Hall–Kier alpha value is -1.84. The van der Waals surface area contributed by atoms with Crippen molar-refractivity contribution in [2.75, 3.05) is 17.2 Å². The number of piperidine rings is 1. The van der Waals surface area contributed by atoms with E-state index in [1.54, 1.807) is 6.33 Å². The third-order valence-corrected chi connectivity index (χ3v) is 4.32. The molecule has 1 aromatic heterocycles. The summed E-state index contributed by atoms with van der Waals surface area (Å²) in [5, 5.41) is 1.12. The summed E-state index contributed by atoms with van der Waals surface area (Å²) >= 11 is 0. The van der Waals surface area contributed by atoms with Crippen molar-refractivity contribution in [3.63, 3.8) is 0 Å². The first kappa shape index (κ1) is 10.1.